The fraction of sp³-hybridized carbons (Fsp3) is 0.324. The molecular weight excluding hydrogens is 580 g/mol. The number of carbonyl (C=O) groups is 2. The summed E-state index contributed by atoms with van der Waals surface area (Å²) in [6, 6.07) is 18.3. The lowest BCUT2D eigenvalue weighted by atomic mass is 9.99. The Morgan fingerprint density at radius 3 is 2.52 bits per heavy atom. The van der Waals surface area contributed by atoms with Crippen molar-refractivity contribution in [1.82, 2.24) is 0 Å². The van der Waals surface area contributed by atoms with Gasteiger partial charge in [0.15, 0.2) is 0 Å². The second-order valence-electron chi connectivity index (χ2n) is 11.7. The Labute approximate surface area is 258 Å². The summed E-state index contributed by atoms with van der Waals surface area (Å²) in [5.74, 6) is -0.261. The number of sulfonamides is 1. The van der Waals surface area contributed by atoms with E-state index < -0.39 is 14.8 Å². The highest BCUT2D eigenvalue weighted by atomic mass is 32.2. The fourth-order valence-electron chi connectivity index (χ4n) is 4.24. The topological polar surface area (TPSA) is 124 Å². The lowest BCUT2D eigenvalue weighted by Crippen LogP contribution is -2.25. The van der Waals surface area contributed by atoms with E-state index in [0.717, 1.165) is 22.1 Å². The predicted molar refractivity (Wildman–Crippen MR) is 172 cm³/mol. The monoisotopic (exact) mass is 618 g/mol. The van der Waals surface area contributed by atoms with Gasteiger partial charge in [-0.2, -0.15) is 4.40 Å². The van der Waals surface area contributed by atoms with Crippen LogP contribution in [0, 0.1) is 5.92 Å². The summed E-state index contributed by atoms with van der Waals surface area (Å²) in [5.41, 5.74) is 4.93. The molecule has 0 unspecified atom stereocenters. The molecule has 0 fully saturated rings. The Kier molecular flexibility index (Phi) is 9.94. The molecular formula is C34H38N2O7S. The summed E-state index contributed by atoms with van der Waals surface area (Å²) in [6.07, 6.45) is 2.98. The molecule has 1 N–H and O–H groups in total. The summed E-state index contributed by atoms with van der Waals surface area (Å²) < 4.78 is 45.1. The number of anilines is 1. The Morgan fingerprint density at radius 1 is 1.05 bits per heavy atom. The Hall–Kier alpha value is -4.44. The molecule has 0 aliphatic carbocycles. The fourth-order valence-corrected chi connectivity index (χ4v) is 4.82. The molecule has 0 radical (unpaired) electrons. The van der Waals surface area contributed by atoms with Crippen LogP contribution in [-0.2, 0) is 37.4 Å². The zero-order chi connectivity index (χ0) is 32.1. The molecule has 3 aromatic carbocycles. The molecule has 0 atom stereocenters. The maximum atomic E-state index is 12.5. The second kappa shape index (κ2) is 13.5. The molecule has 44 heavy (non-hydrogen) atoms. The van der Waals surface area contributed by atoms with Gasteiger partial charge in [0.05, 0.1) is 24.0 Å². The lowest BCUT2D eigenvalue weighted by molar-refractivity contribution is -0.142. The third kappa shape index (κ3) is 7.93. The van der Waals surface area contributed by atoms with Crippen LogP contribution in [0.3, 0.4) is 0 Å². The van der Waals surface area contributed by atoms with Gasteiger partial charge in [-0.1, -0.05) is 38.1 Å². The second-order valence-corrected chi connectivity index (χ2v) is 14.1. The maximum absolute atomic E-state index is 12.5. The van der Waals surface area contributed by atoms with Crippen LogP contribution in [0.25, 0.3) is 22.1 Å². The third-order valence-electron chi connectivity index (χ3n) is 6.82. The van der Waals surface area contributed by atoms with Crippen LogP contribution in [-0.4, -0.2) is 37.9 Å². The zero-order valence-electron chi connectivity index (χ0n) is 25.8. The van der Waals surface area contributed by atoms with Gasteiger partial charge < -0.3 is 19.2 Å². The van der Waals surface area contributed by atoms with E-state index in [1.807, 2.05) is 50.2 Å². The van der Waals surface area contributed by atoms with E-state index >= 15 is 0 Å². The van der Waals surface area contributed by atoms with Crippen LogP contribution < -0.4 is 10.1 Å². The van der Waals surface area contributed by atoms with E-state index in [1.54, 1.807) is 58.2 Å². The molecule has 1 amide bonds. The minimum absolute atomic E-state index is 0.0207. The third-order valence-corrected chi connectivity index (χ3v) is 8.75. The van der Waals surface area contributed by atoms with Crippen LogP contribution in [0.5, 0.6) is 5.75 Å². The summed E-state index contributed by atoms with van der Waals surface area (Å²) in [6.45, 7) is 10.6. The molecule has 0 bridgehead atoms. The SMILES string of the molecule is CCOC(=O)Cc1ccc(NC(=O)C(C)C)cc1OCc1cc(-c2cccc(C=NS(=O)(=O)C(C)(C)C)c2)c2occc2c1. The van der Waals surface area contributed by atoms with E-state index in [0.29, 0.717) is 28.1 Å². The van der Waals surface area contributed by atoms with E-state index in [2.05, 4.69) is 9.71 Å². The normalized spacial score (nSPS) is 12.2. The van der Waals surface area contributed by atoms with Crippen molar-refractivity contribution in [2.45, 2.75) is 59.3 Å². The number of hydrogen-bond acceptors (Lipinski definition) is 7. The first-order valence-corrected chi connectivity index (χ1v) is 15.8. The highest BCUT2D eigenvalue weighted by Crippen LogP contribution is 2.33. The van der Waals surface area contributed by atoms with Crippen LogP contribution in [0.2, 0.25) is 0 Å². The Morgan fingerprint density at radius 2 is 1.82 bits per heavy atom. The first-order valence-electron chi connectivity index (χ1n) is 14.4. The summed E-state index contributed by atoms with van der Waals surface area (Å²) in [4.78, 5) is 24.6. The van der Waals surface area contributed by atoms with Crippen molar-refractivity contribution in [3.8, 4) is 16.9 Å². The molecule has 4 rings (SSSR count). The number of amides is 1. The zero-order valence-corrected chi connectivity index (χ0v) is 26.7. The Balaban J connectivity index is 1.66. The summed E-state index contributed by atoms with van der Waals surface area (Å²) >= 11 is 0. The number of esters is 1. The average Bonchev–Trinajstić information content (AvgIpc) is 3.44. The van der Waals surface area contributed by atoms with Crippen LogP contribution >= 0.6 is 0 Å². The van der Waals surface area contributed by atoms with E-state index in [1.165, 1.54) is 6.21 Å². The largest absolute Gasteiger partial charge is 0.489 e. The molecule has 0 spiro atoms. The van der Waals surface area contributed by atoms with Gasteiger partial charge in [-0.3, -0.25) is 9.59 Å². The quantitative estimate of drug-likeness (QED) is 0.143. The van der Waals surface area contributed by atoms with Crippen molar-refractivity contribution in [2.24, 2.45) is 10.3 Å². The number of benzene rings is 3. The smallest absolute Gasteiger partial charge is 0.310 e. The van der Waals surface area contributed by atoms with Gasteiger partial charge in [-0.15, -0.1) is 0 Å². The highest BCUT2D eigenvalue weighted by Gasteiger charge is 2.27. The first kappa shape index (κ1) is 32.5. The number of hydrogen-bond donors (Lipinski definition) is 1. The van der Waals surface area contributed by atoms with E-state index in [9.17, 15) is 18.0 Å². The highest BCUT2D eigenvalue weighted by molar-refractivity contribution is 7.91. The summed E-state index contributed by atoms with van der Waals surface area (Å²) in [7, 11) is -3.69. The maximum Gasteiger partial charge on any atom is 0.310 e. The first-order chi connectivity index (χ1) is 20.8. The van der Waals surface area contributed by atoms with Gasteiger partial charge in [-0.25, -0.2) is 8.42 Å². The van der Waals surface area contributed by atoms with Gasteiger partial charge in [0, 0.05) is 40.4 Å². The molecule has 0 saturated carbocycles. The molecule has 1 heterocycles. The van der Waals surface area contributed by atoms with Gasteiger partial charge in [-0.05, 0) is 74.7 Å². The standard InChI is InChI=1S/C34H38N2O7S/c1-7-41-31(37)18-26-11-12-28(36-33(38)22(2)3)19-30(26)43-21-24-16-27-13-14-42-32(27)29(17-24)25-10-8-9-23(15-25)20-35-44(39,40)34(4,5)6/h8-17,19-20,22H,7,18,21H2,1-6H3,(H,36,38). The number of furan rings is 1. The molecule has 0 aliphatic rings. The number of rotatable bonds is 11. The van der Waals surface area contributed by atoms with Crippen molar-refractivity contribution >= 4 is 44.8 Å². The van der Waals surface area contributed by atoms with Crippen LogP contribution in [0.15, 0.2) is 75.7 Å². The number of ether oxygens (including phenoxy) is 2. The number of carbonyl (C=O) groups excluding carboxylic acids is 2. The number of fused-ring (bicyclic) bond motifs is 1. The molecule has 10 heteroatoms. The number of nitrogens with zero attached hydrogens (tertiary/aromatic N) is 1. The van der Waals surface area contributed by atoms with Gasteiger partial charge in [0.25, 0.3) is 10.0 Å². The molecule has 9 nitrogen and oxygen atoms in total. The van der Waals surface area contributed by atoms with Gasteiger partial charge in [0.1, 0.15) is 17.9 Å². The van der Waals surface area contributed by atoms with Crippen LogP contribution in [0.1, 0.15) is 58.2 Å². The van der Waals surface area contributed by atoms with Crippen molar-refractivity contribution < 1.29 is 31.9 Å². The molecule has 0 aliphatic heterocycles. The average molecular weight is 619 g/mol. The van der Waals surface area contributed by atoms with Crippen molar-refractivity contribution in [1.29, 1.82) is 0 Å². The molecule has 0 saturated heterocycles. The van der Waals surface area contributed by atoms with E-state index in [4.69, 9.17) is 13.9 Å². The molecule has 4 aromatic rings. The van der Waals surface area contributed by atoms with Crippen molar-refractivity contribution in [3.05, 3.63) is 83.6 Å². The van der Waals surface area contributed by atoms with Crippen molar-refractivity contribution in [3.63, 3.8) is 0 Å². The lowest BCUT2D eigenvalue weighted by Gasteiger charge is -2.15. The van der Waals surface area contributed by atoms with Crippen LogP contribution in [0.4, 0.5) is 5.69 Å². The molecule has 1 aromatic heterocycles. The minimum Gasteiger partial charge on any atom is -0.489 e. The molecule has 232 valence electrons. The number of nitrogens with one attached hydrogen (secondary N) is 1. The Bertz CT molecular complexity index is 1800. The van der Waals surface area contributed by atoms with Gasteiger partial charge in [0.2, 0.25) is 5.91 Å². The summed E-state index contributed by atoms with van der Waals surface area (Å²) in [5, 5.41) is 3.74. The predicted octanol–water partition coefficient (Wildman–Crippen LogP) is 6.93. The van der Waals surface area contributed by atoms with Gasteiger partial charge >= 0.3 is 5.97 Å². The minimum atomic E-state index is -3.69. The van der Waals surface area contributed by atoms with E-state index in [-0.39, 0.29) is 37.4 Å². The van der Waals surface area contributed by atoms with Crippen molar-refractivity contribution in [2.75, 3.05) is 11.9 Å².